The maximum atomic E-state index is 13.9. The number of nitrogens with zero attached hydrogens (tertiary/aromatic N) is 1. The van der Waals surface area contributed by atoms with Gasteiger partial charge in [-0.1, -0.05) is 19.8 Å². The molecule has 1 aromatic rings. The second kappa shape index (κ2) is 8.07. The number of aliphatic hydroxyl groups excluding tert-OH is 1. The van der Waals surface area contributed by atoms with Crippen molar-refractivity contribution in [1.29, 1.82) is 0 Å². The van der Waals surface area contributed by atoms with Gasteiger partial charge in [0, 0.05) is 30.5 Å². The molecule has 1 aliphatic carbocycles. The van der Waals surface area contributed by atoms with Crippen molar-refractivity contribution >= 4 is 11.8 Å². The van der Waals surface area contributed by atoms with Crippen LogP contribution in [-0.4, -0.2) is 53.7 Å². The number of nitrogens with one attached hydrogen (secondary N) is 1. The molecule has 154 valence electrons. The highest BCUT2D eigenvalue weighted by molar-refractivity contribution is 5.94. The van der Waals surface area contributed by atoms with E-state index < -0.39 is 17.8 Å². The van der Waals surface area contributed by atoms with E-state index in [-0.39, 0.29) is 41.3 Å². The normalized spacial score (nSPS) is 29.8. The van der Waals surface area contributed by atoms with Gasteiger partial charge >= 0.3 is 0 Å². The molecule has 2 amide bonds. The monoisotopic (exact) mass is 392 g/mol. The van der Waals surface area contributed by atoms with Crippen molar-refractivity contribution in [2.45, 2.75) is 64.1 Å². The van der Waals surface area contributed by atoms with Gasteiger partial charge in [0.1, 0.15) is 0 Å². The summed E-state index contributed by atoms with van der Waals surface area (Å²) in [7, 11) is 1.37. The summed E-state index contributed by atoms with van der Waals surface area (Å²) in [6.45, 7) is 3.85. The molecular formula is C21H29FN2O4. The molecule has 2 fully saturated rings. The topological polar surface area (TPSA) is 78.9 Å². The largest absolute Gasteiger partial charge is 0.494 e. The molecule has 1 aromatic carbocycles. The number of aliphatic hydroxyl groups is 1. The summed E-state index contributed by atoms with van der Waals surface area (Å²) >= 11 is 0. The predicted octanol–water partition coefficient (Wildman–Crippen LogP) is 2.49. The zero-order valence-corrected chi connectivity index (χ0v) is 16.7. The highest BCUT2D eigenvalue weighted by atomic mass is 19.1. The molecule has 4 atom stereocenters. The second-order valence-electron chi connectivity index (χ2n) is 8.17. The summed E-state index contributed by atoms with van der Waals surface area (Å²) in [6.07, 6.45) is 3.72. The molecule has 0 aromatic heterocycles. The first kappa shape index (κ1) is 20.6. The van der Waals surface area contributed by atoms with Gasteiger partial charge in [0.05, 0.1) is 19.3 Å². The van der Waals surface area contributed by atoms with E-state index in [0.29, 0.717) is 6.42 Å². The second-order valence-corrected chi connectivity index (χ2v) is 8.17. The number of fused-ring (bicyclic) bond motifs is 1. The molecule has 0 spiro atoms. The molecule has 1 heterocycles. The van der Waals surface area contributed by atoms with E-state index in [1.807, 2.05) is 11.8 Å². The highest BCUT2D eigenvalue weighted by Gasteiger charge is 2.54. The zero-order valence-electron chi connectivity index (χ0n) is 16.7. The number of rotatable bonds is 4. The summed E-state index contributed by atoms with van der Waals surface area (Å²) in [5.41, 5.74) is -0.171. The summed E-state index contributed by atoms with van der Waals surface area (Å²) in [4.78, 5) is 26.7. The van der Waals surface area contributed by atoms with E-state index in [9.17, 15) is 19.1 Å². The predicted molar refractivity (Wildman–Crippen MR) is 103 cm³/mol. The number of ether oxygens (including phenoxy) is 1. The van der Waals surface area contributed by atoms with Gasteiger partial charge in [-0.15, -0.1) is 0 Å². The van der Waals surface area contributed by atoms with Crippen LogP contribution in [0.15, 0.2) is 18.2 Å². The molecule has 2 N–H and O–H groups in total. The molecule has 3 rings (SSSR count). The number of likely N-dealkylation sites (tertiary alicyclic amines) is 1. The number of benzene rings is 1. The van der Waals surface area contributed by atoms with Crippen LogP contribution < -0.4 is 10.1 Å². The van der Waals surface area contributed by atoms with Crippen LogP contribution in [0.25, 0.3) is 0 Å². The van der Waals surface area contributed by atoms with Crippen molar-refractivity contribution in [2.75, 3.05) is 13.7 Å². The Balaban J connectivity index is 1.73. The molecule has 0 bridgehead atoms. The van der Waals surface area contributed by atoms with Crippen LogP contribution in [-0.2, 0) is 4.79 Å². The Morgan fingerprint density at radius 1 is 1.36 bits per heavy atom. The number of hydrogen-bond acceptors (Lipinski definition) is 4. The zero-order chi connectivity index (χ0) is 20.5. The standard InChI is InChI=1S/C21H29FN2O4/c1-13(25)24-15(11-21(2)18(24)6-4-5-7-19(21)26)12-23-20(27)14-8-9-17(28-3)16(22)10-14/h8-10,15,18-19,26H,4-7,11-12H2,1-3H3,(H,23,27)/t15-,18-,19+,21-/m1/s1. The third kappa shape index (κ3) is 3.72. The SMILES string of the molecule is COc1ccc(C(=O)NC[C@H]2C[C@@]3(C)[C@@H](O)CCCC[C@H]3N2C(C)=O)cc1F. The molecular weight excluding hydrogens is 363 g/mol. The fraction of sp³-hybridized carbons (Fsp3) is 0.619. The number of carbonyl (C=O) groups is 2. The van der Waals surface area contributed by atoms with E-state index in [2.05, 4.69) is 5.32 Å². The number of carbonyl (C=O) groups excluding carboxylic acids is 2. The lowest BCUT2D eigenvalue weighted by atomic mass is 9.75. The molecule has 28 heavy (non-hydrogen) atoms. The molecule has 7 heteroatoms. The van der Waals surface area contributed by atoms with Crippen LogP contribution in [0.5, 0.6) is 5.75 Å². The minimum absolute atomic E-state index is 0.0252. The van der Waals surface area contributed by atoms with Gasteiger partial charge < -0.3 is 20.1 Å². The van der Waals surface area contributed by atoms with Crippen LogP contribution in [0.2, 0.25) is 0 Å². The highest BCUT2D eigenvalue weighted by Crippen LogP contribution is 2.48. The quantitative estimate of drug-likeness (QED) is 0.825. The summed E-state index contributed by atoms with van der Waals surface area (Å²) in [6, 6.07) is 3.84. The van der Waals surface area contributed by atoms with E-state index in [4.69, 9.17) is 4.74 Å². The fourth-order valence-corrected chi connectivity index (χ4v) is 4.91. The van der Waals surface area contributed by atoms with Gasteiger partial charge in [-0.25, -0.2) is 4.39 Å². The first-order valence-corrected chi connectivity index (χ1v) is 9.86. The lowest BCUT2D eigenvalue weighted by Gasteiger charge is -2.37. The van der Waals surface area contributed by atoms with Crippen molar-refractivity contribution in [3.05, 3.63) is 29.6 Å². The van der Waals surface area contributed by atoms with Gasteiger partial charge in [0.2, 0.25) is 5.91 Å². The van der Waals surface area contributed by atoms with Gasteiger partial charge in [-0.3, -0.25) is 9.59 Å². The molecule has 2 aliphatic rings. The lowest BCUT2D eigenvalue weighted by molar-refractivity contribution is -0.133. The first-order valence-electron chi connectivity index (χ1n) is 9.86. The van der Waals surface area contributed by atoms with Crippen LogP contribution in [0.3, 0.4) is 0 Å². The lowest BCUT2D eigenvalue weighted by Crippen LogP contribution is -2.48. The van der Waals surface area contributed by atoms with Gasteiger partial charge in [0.15, 0.2) is 11.6 Å². The molecule has 0 unspecified atom stereocenters. The van der Waals surface area contributed by atoms with Crippen molar-refractivity contribution in [2.24, 2.45) is 5.41 Å². The third-order valence-electron chi connectivity index (χ3n) is 6.41. The minimum atomic E-state index is -0.598. The van der Waals surface area contributed by atoms with E-state index in [1.165, 1.54) is 26.2 Å². The van der Waals surface area contributed by atoms with Crippen LogP contribution in [0.4, 0.5) is 4.39 Å². The number of halogens is 1. The molecule has 1 aliphatic heterocycles. The summed E-state index contributed by atoms with van der Waals surface area (Å²) < 4.78 is 18.7. The van der Waals surface area contributed by atoms with Gasteiger partial charge in [-0.2, -0.15) is 0 Å². The number of methoxy groups -OCH3 is 1. The van der Waals surface area contributed by atoms with Crippen LogP contribution >= 0.6 is 0 Å². The third-order valence-corrected chi connectivity index (χ3v) is 6.41. The molecule has 1 saturated carbocycles. The van der Waals surface area contributed by atoms with E-state index >= 15 is 0 Å². The number of hydrogen-bond donors (Lipinski definition) is 2. The molecule has 0 radical (unpaired) electrons. The Morgan fingerprint density at radius 2 is 2.07 bits per heavy atom. The maximum Gasteiger partial charge on any atom is 0.251 e. The maximum absolute atomic E-state index is 13.9. The average molecular weight is 392 g/mol. The molecule has 6 nitrogen and oxygen atoms in total. The van der Waals surface area contributed by atoms with Crippen molar-refractivity contribution in [1.82, 2.24) is 10.2 Å². The number of amides is 2. The van der Waals surface area contributed by atoms with Crippen molar-refractivity contribution in [3.63, 3.8) is 0 Å². The Bertz CT molecular complexity index is 756. The Labute approximate surface area is 165 Å². The first-order chi connectivity index (χ1) is 13.3. The summed E-state index contributed by atoms with van der Waals surface area (Å²) in [5, 5.41) is 13.5. The van der Waals surface area contributed by atoms with E-state index in [0.717, 1.165) is 31.7 Å². The summed E-state index contributed by atoms with van der Waals surface area (Å²) in [5.74, 6) is -0.961. The van der Waals surface area contributed by atoms with Crippen molar-refractivity contribution < 1.29 is 23.8 Å². The Kier molecular flexibility index (Phi) is 5.93. The molecule has 1 saturated heterocycles. The average Bonchev–Trinajstić information content (AvgIpc) is 2.88. The Hall–Kier alpha value is -2.15. The van der Waals surface area contributed by atoms with Gasteiger partial charge in [-0.05, 0) is 37.5 Å². The van der Waals surface area contributed by atoms with E-state index in [1.54, 1.807) is 0 Å². The van der Waals surface area contributed by atoms with Gasteiger partial charge in [0.25, 0.3) is 5.91 Å². The smallest absolute Gasteiger partial charge is 0.251 e. The fourth-order valence-electron chi connectivity index (χ4n) is 4.91. The van der Waals surface area contributed by atoms with Crippen LogP contribution in [0, 0.1) is 11.2 Å². The van der Waals surface area contributed by atoms with Crippen molar-refractivity contribution in [3.8, 4) is 5.75 Å². The van der Waals surface area contributed by atoms with Crippen LogP contribution in [0.1, 0.15) is 56.3 Å². The minimum Gasteiger partial charge on any atom is -0.494 e. The Morgan fingerprint density at radius 3 is 2.71 bits per heavy atom.